The standard InChI is InChI=1S/C22H27FN4O2/c1-3-25-22(29)27-14-18(21(28)26-13-16-5-4-10-24-12-16)7-9-20(27)17-6-8-19(23)15(2)11-17/h4-6,8,10-12,18,20H,3,7,9,13-14H2,1-2H3,(H,25,29)(H,26,28)/t18-,20-/m0/s1. The number of halogens is 1. The Morgan fingerprint density at radius 1 is 1.24 bits per heavy atom. The largest absolute Gasteiger partial charge is 0.352 e. The van der Waals surface area contributed by atoms with Crippen LogP contribution in [0.1, 0.15) is 42.5 Å². The van der Waals surface area contributed by atoms with Gasteiger partial charge in [0, 0.05) is 32.0 Å². The highest BCUT2D eigenvalue weighted by Crippen LogP contribution is 2.34. The van der Waals surface area contributed by atoms with Gasteiger partial charge in [0.2, 0.25) is 5.91 Å². The maximum absolute atomic E-state index is 13.7. The van der Waals surface area contributed by atoms with Gasteiger partial charge in [-0.05, 0) is 55.5 Å². The van der Waals surface area contributed by atoms with Crippen molar-refractivity contribution in [2.45, 2.75) is 39.3 Å². The van der Waals surface area contributed by atoms with Crippen molar-refractivity contribution in [3.8, 4) is 0 Å². The molecule has 29 heavy (non-hydrogen) atoms. The summed E-state index contributed by atoms with van der Waals surface area (Å²) in [5.41, 5.74) is 2.37. The third kappa shape index (κ3) is 5.10. The number of pyridine rings is 1. The number of aryl methyl sites for hydroxylation is 1. The maximum Gasteiger partial charge on any atom is 0.317 e. The number of benzene rings is 1. The first-order valence-corrected chi connectivity index (χ1v) is 9.96. The molecule has 1 aromatic carbocycles. The van der Waals surface area contributed by atoms with Gasteiger partial charge in [-0.3, -0.25) is 9.78 Å². The number of aromatic nitrogens is 1. The van der Waals surface area contributed by atoms with E-state index in [9.17, 15) is 14.0 Å². The van der Waals surface area contributed by atoms with E-state index >= 15 is 0 Å². The van der Waals surface area contributed by atoms with Crippen molar-refractivity contribution < 1.29 is 14.0 Å². The van der Waals surface area contributed by atoms with Gasteiger partial charge in [0.05, 0.1) is 12.0 Å². The number of hydrogen-bond donors (Lipinski definition) is 2. The molecule has 0 bridgehead atoms. The summed E-state index contributed by atoms with van der Waals surface area (Å²) in [6.07, 6.45) is 4.71. The molecule has 0 saturated carbocycles. The molecule has 2 N–H and O–H groups in total. The second-order valence-electron chi connectivity index (χ2n) is 7.37. The van der Waals surface area contributed by atoms with Crippen LogP contribution in [-0.4, -0.2) is 34.9 Å². The molecule has 3 amide bonds. The van der Waals surface area contributed by atoms with E-state index in [1.165, 1.54) is 6.07 Å². The predicted molar refractivity (Wildman–Crippen MR) is 108 cm³/mol. The summed E-state index contributed by atoms with van der Waals surface area (Å²) in [5, 5.41) is 5.78. The van der Waals surface area contributed by atoms with Crippen LogP contribution in [0.3, 0.4) is 0 Å². The van der Waals surface area contributed by atoms with Crippen LogP contribution in [0.15, 0.2) is 42.7 Å². The van der Waals surface area contributed by atoms with Crippen molar-refractivity contribution >= 4 is 11.9 Å². The number of carbonyl (C=O) groups is 2. The number of urea groups is 1. The molecule has 2 atom stereocenters. The third-order valence-electron chi connectivity index (χ3n) is 5.30. The third-order valence-corrected chi connectivity index (χ3v) is 5.30. The molecule has 2 heterocycles. The molecule has 6 nitrogen and oxygen atoms in total. The average Bonchev–Trinajstić information content (AvgIpc) is 2.74. The molecular weight excluding hydrogens is 371 g/mol. The van der Waals surface area contributed by atoms with Gasteiger partial charge in [0.1, 0.15) is 5.82 Å². The molecule has 1 saturated heterocycles. The van der Waals surface area contributed by atoms with Gasteiger partial charge in [0.15, 0.2) is 0 Å². The van der Waals surface area contributed by atoms with Gasteiger partial charge >= 0.3 is 6.03 Å². The van der Waals surface area contributed by atoms with Crippen LogP contribution < -0.4 is 10.6 Å². The predicted octanol–water partition coefficient (Wildman–Crippen LogP) is 3.33. The lowest BCUT2D eigenvalue weighted by atomic mass is 9.88. The van der Waals surface area contributed by atoms with Crippen LogP contribution in [0.25, 0.3) is 0 Å². The minimum atomic E-state index is -0.285. The van der Waals surface area contributed by atoms with E-state index in [0.717, 1.165) is 11.1 Å². The Balaban J connectivity index is 1.71. The van der Waals surface area contributed by atoms with Crippen molar-refractivity contribution in [1.29, 1.82) is 0 Å². The maximum atomic E-state index is 13.7. The monoisotopic (exact) mass is 398 g/mol. The Labute approximate surface area is 170 Å². The quantitative estimate of drug-likeness (QED) is 0.811. The first-order valence-electron chi connectivity index (χ1n) is 9.96. The van der Waals surface area contributed by atoms with Crippen LogP contribution in [0.5, 0.6) is 0 Å². The molecule has 154 valence electrons. The SMILES string of the molecule is CCNC(=O)N1C[C@@H](C(=O)NCc2cccnc2)CC[C@H]1c1ccc(F)c(C)c1. The number of nitrogens with zero attached hydrogens (tertiary/aromatic N) is 2. The molecule has 1 aliphatic heterocycles. The summed E-state index contributed by atoms with van der Waals surface area (Å²) in [5.74, 6) is -0.620. The summed E-state index contributed by atoms with van der Waals surface area (Å²) in [4.78, 5) is 31.1. The van der Waals surface area contributed by atoms with Crippen molar-refractivity contribution in [3.63, 3.8) is 0 Å². The van der Waals surface area contributed by atoms with Crippen LogP contribution >= 0.6 is 0 Å². The van der Waals surface area contributed by atoms with E-state index in [-0.39, 0.29) is 29.7 Å². The normalized spacial score (nSPS) is 18.9. The van der Waals surface area contributed by atoms with Crippen molar-refractivity contribution in [2.24, 2.45) is 5.92 Å². The molecule has 2 aromatic rings. The zero-order valence-electron chi connectivity index (χ0n) is 16.8. The van der Waals surface area contributed by atoms with E-state index in [0.29, 0.717) is 38.0 Å². The van der Waals surface area contributed by atoms with E-state index in [1.54, 1.807) is 36.4 Å². The smallest absolute Gasteiger partial charge is 0.317 e. The molecule has 0 aliphatic carbocycles. The summed E-state index contributed by atoms with van der Waals surface area (Å²) < 4.78 is 13.7. The lowest BCUT2D eigenvalue weighted by Crippen LogP contribution is -2.50. The minimum absolute atomic E-state index is 0.0723. The summed E-state index contributed by atoms with van der Waals surface area (Å²) in [7, 11) is 0. The zero-order valence-corrected chi connectivity index (χ0v) is 16.8. The van der Waals surface area contributed by atoms with Gasteiger partial charge in [-0.25, -0.2) is 9.18 Å². The van der Waals surface area contributed by atoms with Gasteiger partial charge < -0.3 is 15.5 Å². The van der Waals surface area contributed by atoms with Gasteiger partial charge in [-0.15, -0.1) is 0 Å². The van der Waals surface area contributed by atoms with Crippen LogP contribution in [-0.2, 0) is 11.3 Å². The summed E-state index contributed by atoms with van der Waals surface area (Å²) >= 11 is 0. The highest BCUT2D eigenvalue weighted by atomic mass is 19.1. The molecule has 7 heteroatoms. The summed E-state index contributed by atoms with van der Waals surface area (Å²) in [6.45, 7) is 4.81. The van der Waals surface area contributed by atoms with Crippen molar-refractivity contribution in [1.82, 2.24) is 20.5 Å². The Kier molecular flexibility index (Phi) is 6.80. The fraction of sp³-hybridized carbons (Fsp3) is 0.409. The van der Waals surface area contributed by atoms with Crippen molar-refractivity contribution in [2.75, 3.05) is 13.1 Å². The van der Waals surface area contributed by atoms with Gasteiger partial charge in [-0.2, -0.15) is 0 Å². The molecule has 0 radical (unpaired) electrons. The Morgan fingerprint density at radius 3 is 2.76 bits per heavy atom. The molecule has 1 aliphatic rings. The first-order chi connectivity index (χ1) is 14.0. The molecule has 3 rings (SSSR count). The Morgan fingerprint density at radius 2 is 2.07 bits per heavy atom. The number of likely N-dealkylation sites (tertiary alicyclic amines) is 1. The molecule has 0 spiro atoms. The lowest BCUT2D eigenvalue weighted by molar-refractivity contribution is -0.126. The highest BCUT2D eigenvalue weighted by Gasteiger charge is 2.35. The summed E-state index contributed by atoms with van der Waals surface area (Å²) in [6, 6.07) is 8.30. The second kappa shape index (κ2) is 9.49. The number of nitrogens with one attached hydrogen (secondary N) is 2. The topological polar surface area (TPSA) is 74.3 Å². The molecule has 0 unspecified atom stereocenters. The molecule has 1 fully saturated rings. The number of amides is 3. The lowest BCUT2D eigenvalue weighted by Gasteiger charge is -2.39. The number of carbonyl (C=O) groups excluding carboxylic acids is 2. The number of hydrogen-bond acceptors (Lipinski definition) is 3. The number of piperidine rings is 1. The number of rotatable bonds is 5. The fourth-order valence-corrected chi connectivity index (χ4v) is 3.72. The van der Waals surface area contributed by atoms with E-state index < -0.39 is 0 Å². The van der Waals surface area contributed by atoms with Gasteiger partial charge in [0.25, 0.3) is 0 Å². The highest BCUT2D eigenvalue weighted by molar-refractivity contribution is 5.81. The Hall–Kier alpha value is -2.96. The van der Waals surface area contributed by atoms with Gasteiger partial charge in [-0.1, -0.05) is 18.2 Å². The minimum Gasteiger partial charge on any atom is -0.352 e. The molecular formula is C22H27FN4O2. The van der Waals surface area contributed by atoms with E-state index in [1.807, 2.05) is 19.1 Å². The van der Waals surface area contributed by atoms with Crippen molar-refractivity contribution in [3.05, 3.63) is 65.2 Å². The molecule has 1 aromatic heterocycles. The van der Waals surface area contributed by atoms with E-state index in [2.05, 4.69) is 15.6 Å². The second-order valence-corrected chi connectivity index (χ2v) is 7.37. The fourth-order valence-electron chi connectivity index (χ4n) is 3.72. The van der Waals surface area contributed by atoms with Crippen LogP contribution in [0, 0.1) is 18.7 Å². The van der Waals surface area contributed by atoms with Crippen LogP contribution in [0.4, 0.5) is 9.18 Å². The average molecular weight is 398 g/mol. The Bertz CT molecular complexity index is 859. The van der Waals surface area contributed by atoms with E-state index in [4.69, 9.17) is 0 Å². The van der Waals surface area contributed by atoms with Crippen LogP contribution in [0.2, 0.25) is 0 Å². The first kappa shape index (κ1) is 20.8. The zero-order chi connectivity index (χ0) is 20.8.